The summed E-state index contributed by atoms with van der Waals surface area (Å²) in [6.07, 6.45) is 5.42. The third-order valence-electron chi connectivity index (χ3n) is 2.70. The van der Waals surface area contributed by atoms with Crippen molar-refractivity contribution in [1.82, 2.24) is 0 Å². The minimum atomic E-state index is 0.175. The first-order chi connectivity index (χ1) is 5.29. The van der Waals surface area contributed by atoms with E-state index in [1.165, 1.54) is 24.8 Å². The summed E-state index contributed by atoms with van der Waals surface area (Å²) in [4.78, 5) is 11.2. The van der Waals surface area contributed by atoms with E-state index in [-0.39, 0.29) is 5.78 Å². The number of allylic oxidation sites excluding steroid dienone is 2. The van der Waals surface area contributed by atoms with Crippen molar-refractivity contribution in [1.29, 1.82) is 0 Å². The first kappa shape index (κ1) is 7.35. The Morgan fingerprint density at radius 3 is 2.91 bits per heavy atom. The minimum absolute atomic E-state index is 0.175. The highest BCUT2D eigenvalue weighted by atomic mass is 35.5. The number of carbonyl (C=O) groups is 1. The fourth-order valence-electron chi connectivity index (χ4n) is 2.09. The van der Waals surface area contributed by atoms with Crippen molar-refractivity contribution in [3.63, 3.8) is 0 Å². The number of Topliss-reactive ketones (excluding diaryl/α,β-unsaturated/α-hetero) is 1. The third-order valence-corrected chi connectivity index (χ3v) is 3.15. The van der Waals surface area contributed by atoms with Gasteiger partial charge in [-0.15, -0.1) is 0 Å². The van der Waals surface area contributed by atoms with Gasteiger partial charge in [0.2, 0.25) is 0 Å². The van der Waals surface area contributed by atoms with Crippen LogP contribution in [-0.4, -0.2) is 5.78 Å². The Morgan fingerprint density at radius 1 is 1.36 bits per heavy atom. The van der Waals surface area contributed by atoms with Crippen LogP contribution < -0.4 is 0 Å². The zero-order valence-electron chi connectivity index (χ0n) is 6.40. The summed E-state index contributed by atoms with van der Waals surface area (Å²) >= 11 is 5.87. The predicted molar refractivity (Wildman–Crippen MR) is 44.5 cm³/mol. The Balaban J connectivity index is 2.28. The van der Waals surface area contributed by atoms with E-state index in [1.54, 1.807) is 0 Å². The molecule has 0 aromatic heterocycles. The van der Waals surface area contributed by atoms with Crippen LogP contribution in [-0.2, 0) is 4.79 Å². The summed E-state index contributed by atoms with van der Waals surface area (Å²) in [6, 6.07) is 0. The molecule has 1 atom stereocenters. The third kappa shape index (κ3) is 1.12. The van der Waals surface area contributed by atoms with E-state index in [9.17, 15) is 4.79 Å². The molecular weight excluding hydrogens is 160 g/mol. The van der Waals surface area contributed by atoms with Crippen molar-refractivity contribution in [2.45, 2.75) is 32.1 Å². The summed E-state index contributed by atoms with van der Waals surface area (Å²) in [5, 5.41) is 0.565. The number of ketones is 1. The molecule has 2 aliphatic carbocycles. The summed E-state index contributed by atoms with van der Waals surface area (Å²) in [6.45, 7) is 0. The van der Waals surface area contributed by atoms with Gasteiger partial charge in [-0.1, -0.05) is 18.0 Å². The van der Waals surface area contributed by atoms with Crippen molar-refractivity contribution in [3.8, 4) is 0 Å². The van der Waals surface area contributed by atoms with Crippen molar-refractivity contribution in [2.24, 2.45) is 5.92 Å². The van der Waals surface area contributed by atoms with Crippen LogP contribution in [0.3, 0.4) is 0 Å². The van der Waals surface area contributed by atoms with Crippen LogP contribution in [0.4, 0.5) is 0 Å². The fourth-order valence-corrected chi connectivity index (χ4v) is 2.42. The van der Waals surface area contributed by atoms with Gasteiger partial charge in [0, 0.05) is 6.42 Å². The molecule has 1 fully saturated rings. The van der Waals surface area contributed by atoms with Gasteiger partial charge in [-0.3, -0.25) is 4.79 Å². The molecular formula is C9H11ClO. The molecule has 0 amide bonds. The molecule has 2 aliphatic rings. The number of carbonyl (C=O) groups excluding carboxylic acids is 1. The van der Waals surface area contributed by atoms with Gasteiger partial charge in [-0.2, -0.15) is 0 Å². The lowest BCUT2D eigenvalue weighted by atomic mass is 9.86. The highest BCUT2D eigenvalue weighted by Crippen LogP contribution is 2.41. The molecule has 0 aliphatic heterocycles. The van der Waals surface area contributed by atoms with Crippen molar-refractivity contribution >= 4 is 17.4 Å². The standard InChI is InChI=1S/C9H11ClO/c10-9-7-4-2-1-3-6(7)5-8(9)11/h6H,1-5H2. The molecule has 1 nitrogen and oxygen atoms in total. The van der Waals surface area contributed by atoms with Gasteiger partial charge in [-0.25, -0.2) is 0 Å². The molecule has 1 saturated carbocycles. The first-order valence-electron chi connectivity index (χ1n) is 4.21. The van der Waals surface area contributed by atoms with Gasteiger partial charge in [-0.05, 0) is 30.8 Å². The van der Waals surface area contributed by atoms with E-state index in [0.717, 1.165) is 6.42 Å². The van der Waals surface area contributed by atoms with Crippen molar-refractivity contribution in [2.75, 3.05) is 0 Å². The Bertz CT molecular complexity index is 230. The Labute approximate surface area is 71.4 Å². The average Bonchev–Trinajstić information content (AvgIpc) is 2.30. The Kier molecular flexibility index (Phi) is 1.76. The van der Waals surface area contributed by atoms with E-state index in [0.29, 0.717) is 17.4 Å². The summed E-state index contributed by atoms with van der Waals surface area (Å²) in [5.41, 5.74) is 1.25. The summed E-state index contributed by atoms with van der Waals surface area (Å²) in [7, 11) is 0. The SMILES string of the molecule is O=C1CC2CCCCC2=C1Cl. The van der Waals surface area contributed by atoms with E-state index in [1.807, 2.05) is 0 Å². The van der Waals surface area contributed by atoms with Crippen LogP contribution in [0.2, 0.25) is 0 Å². The number of hydrogen-bond donors (Lipinski definition) is 0. The molecule has 0 aromatic rings. The lowest BCUT2D eigenvalue weighted by Crippen LogP contribution is -2.05. The topological polar surface area (TPSA) is 17.1 Å². The van der Waals surface area contributed by atoms with Crippen LogP contribution in [0.1, 0.15) is 32.1 Å². The summed E-state index contributed by atoms with van der Waals surface area (Å²) in [5.74, 6) is 0.692. The highest BCUT2D eigenvalue weighted by molar-refractivity contribution is 6.43. The number of fused-ring (bicyclic) bond motifs is 1. The van der Waals surface area contributed by atoms with E-state index < -0.39 is 0 Å². The average molecular weight is 171 g/mol. The number of hydrogen-bond acceptors (Lipinski definition) is 1. The maximum absolute atomic E-state index is 11.2. The fraction of sp³-hybridized carbons (Fsp3) is 0.667. The van der Waals surface area contributed by atoms with Crippen LogP contribution in [0, 0.1) is 5.92 Å². The van der Waals surface area contributed by atoms with E-state index in [2.05, 4.69) is 0 Å². The van der Waals surface area contributed by atoms with Crippen LogP contribution in [0.15, 0.2) is 10.6 Å². The van der Waals surface area contributed by atoms with Gasteiger partial charge in [0.1, 0.15) is 0 Å². The van der Waals surface area contributed by atoms with Gasteiger partial charge < -0.3 is 0 Å². The molecule has 0 saturated heterocycles. The molecule has 0 spiro atoms. The minimum Gasteiger partial charge on any atom is -0.293 e. The molecule has 0 heterocycles. The molecule has 0 aromatic carbocycles. The Morgan fingerprint density at radius 2 is 2.18 bits per heavy atom. The molecule has 60 valence electrons. The van der Waals surface area contributed by atoms with Crippen molar-refractivity contribution < 1.29 is 4.79 Å². The van der Waals surface area contributed by atoms with E-state index in [4.69, 9.17) is 11.6 Å². The van der Waals surface area contributed by atoms with Crippen LogP contribution >= 0.6 is 11.6 Å². The van der Waals surface area contributed by atoms with E-state index >= 15 is 0 Å². The lowest BCUT2D eigenvalue weighted by Gasteiger charge is -2.19. The second-order valence-corrected chi connectivity index (χ2v) is 3.79. The highest BCUT2D eigenvalue weighted by Gasteiger charge is 2.32. The van der Waals surface area contributed by atoms with Gasteiger partial charge in [0.15, 0.2) is 5.78 Å². The lowest BCUT2D eigenvalue weighted by molar-refractivity contribution is -0.114. The largest absolute Gasteiger partial charge is 0.293 e. The zero-order chi connectivity index (χ0) is 7.84. The second-order valence-electron chi connectivity index (χ2n) is 3.41. The Hall–Kier alpha value is -0.300. The van der Waals surface area contributed by atoms with Crippen LogP contribution in [0.5, 0.6) is 0 Å². The molecule has 2 rings (SSSR count). The molecule has 2 heteroatoms. The quantitative estimate of drug-likeness (QED) is 0.546. The number of halogens is 1. The predicted octanol–water partition coefficient (Wildman–Crippen LogP) is 2.64. The van der Waals surface area contributed by atoms with Gasteiger partial charge in [0.25, 0.3) is 0 Å². The smallest absolute Gasteiger partial charge is 0.174 e. The molecule has 11 heavy (non-hydrogen) atoms. The first-order valence-corrected chi connectivity index (χ1v) is 4.58. The normalized spacial score (nSPS) is 31.0. The monoisotopic (exact) mass is 170 g/mol. The van der Waals surface area contributed by atoms with Gasteiger partial charge >= 0.3 is 0 Å². The molecule has 0 radical (unpaired) electrons. The van der Waals surface area contributed by atoms with Crippen LogP contribution in [0.25, 0.3) is 0 Å². The zero-order valence-corrected chi connectivity index (χ0v) is 7.16. The maximum Gasteiger partial charge on any atom is 0.174 e. The van der Waals surface area contributed by atoms with Gasteiger partial charge in [0.05, 0.1) is 5.03 Å². The van der Waals surface area contributed by atoms with Crippen molar-refractivity contribution in [3.05, 3.63) is 10.6 Å². The molecule has 0 bridgehead atoms. The number of rotatable bonds is 0. The molecule has 1 unspecified atom stereocenters. The maximum atomic E-state index is 11.2. The summed E-state index contributed by atoms with van der Waals surface area (Å²) < 4.78 is 0. The molecule has 0 N–H and O–H groups in total. The second kappa shape index (κ2) is 2.63.